The molecule has 0 amide bonds. The zero-order chi connectivity index (χ0) is 14.0. The van der Waals surface area contributed by atoms with E-state index in [1.54, 1.807) is 25.3 Å². The minimum atomic E-state index is 0.215. The molecule has 1 aromatic carbocycles. The van der Waals surface area contributed by atoms with Crippen molar-refractivity contribution in [1.29, 1.82) is 0 Å². The standard InChI is InChI=1S/C14H15Cl2NO2/c1-8(2)14-9(7-18-3)13(17-19-14)12-10(15)5-4-6-11(12)16/h4-6,8H,7H2,1-3H3. The third kappa shape index (κ3) is 2.78. The lowest BCUT2D eigenvalue weighted by Gasteiger charge is -2.07. The first kappa shape index (κ1) is 14.4. The summed E-state index contributed by atoms with van der Waals surface area (Å²) >= 11 is 12.4. The molecule has 0 unspecified atom stereocenters. The summed E-state index contributed by atoms with van der Waals surface area (Å²) < 4.78 is 10.7. The van der Waals surface area contributed by atoms with Gasteiger partial charge in [-0.3, -0.25) is 0 Å². The molecule has 1 heterocycles. The van der Waals surface area contributed by atoms with Crippen LogP contribution in [0.15, 0.2) is 22.7 Å². The van der Waals surface area contributed by atoms with Crippen molar-refractivity contribution in [3.05, 3.63) is 39.6 Å². The number of hydrogen-bond donors (Lipinski definition) is 0. The predicted octanol–water partition coefficient (Wildman–Crippen LogP) is 4.92. The SMILES string of the molecule is COCc1c(-c2c(Cl)cccc2Cl)noc1C(C)C. The van der Waals surface area contributed by atoms with Crippen LogP contribution in [0.5, 0.6) is 0 Å². The van der Waals surface area contributed by atoms with Gasteiger partial charge in [-0.15, -0.1) is 0 Å². The second-order valence-electron chi connectivity index (χ2n) is 4.56. The maximum atomic E-state index is 6.22. The highest BCUT2D eigenvalue weighted by Crippen LogP contribution is 2.38. The second-order valence-corrected chi connectivity index (χ2v) is 5.37. The maximum absolute atomic E-state index is 6.22. The first-order valence-corrected chi connectivity index (χ1v) is 6.73. The fourth-order valence-corrected chi connectivity index (χ4v) is 2.56. The Morgan fingerprint density at radius 2 is 1.89 bits per heavy atom. The summed E-state index contributed by atoms with van der Waals surface area (Å²) in [7, 11) is 1.63. The van der Waals surface area contributed by atoms with Crippen LogP contribution in [-0.2, 0) is 11.3 Å². The van der Waals surface area contributed by atoms with Crippen molar-refractivity contribution < 1.29 is 9.26 Å². The van der Waals surface area contributed by atoms with Crippen LogP contribution in [0.2, 0.25) is 10.0 Å². The molecule has 0 fully saturated rings. The van der Waals surface area contributed by atoms with Crippen LogP contribution in [0.4, 0.5) is 0 Å². The molecule has 0 spiro atoms. The first-order chi connectivity index (χ1) is 9.06. The van der Waals surface area contributed by atoms with E-state index >= 15 is 0 Å². The highest BCUT2D eigenvalue weighted by atomic mass is 35.5. The summed E-state index contributed by atoms with van der Waals surface area (Å²) in [6.07, 6.45) is 0. The van der Waals surface area contributed by atoms with Crippen molar-refractivity contribution in [2.24, 2.45) is 0 Å². The van der Waals surface area contributed by atoms with Crippen molar-refractivity contribution in [2.75, 3.05) is 7.11 Å². The summed E-state index contributed by atoms with van der Waals surface area (Å²) in [6.45, 7) is 4.49. The molecule has 0 saturated heterocycles. The quantitative estimate of drug-likeness (QED) is 0.804. The molecule has 2 aromatic rings. The largest absolute Gasteiger partial charge is 0.380 e. The highest BCUT2D eigenvalue weighted by molar-refractivity contribution is 6.39. The Hall–Kier alpha value is -1.03. The predicted molar refractivity (Wildman–Crippen MR) is 76.8 cm³/mol. The molecule has 0 aliphatic carbocycles. The van der Waals surface area contributed by atoms with E-state index in [9.17, 15) is 0 Å². The Labute approximate surface area is 122 Å². The van der Waals surface area contributed by atoms with Gasteiger partial charge < -0.3 is 9.26 Å². The van der Waals surface area contributed by atoms with Gasteiger partial charge in [-0.05, 0) is 12.1 Å². The Morgan fingerprint density at radius 1 is 1.26 bits per heavy atom. The average molecular weight is 300 g/mol. The number of ether oxygens (including phenoxy) is 1. The van der Waals surface area contributed by atoms with Crippen molar-refractivity contribution in [2.45, 2.75) is 26.4 Å². The molecule has 0 bridgehead atoms. The van der Waals surface area contributed by atoms with Crippen molar-refractivity contribution >= 4 is 23.2 Å². The molecule has 5 heteroatoms. The van der Waals surface area contributed by atoms with Gasteiger partial charge in [0.2, 0.25) is 0 Å². The van der Waals surface area contributed by atoms with Crippen LogP contribution in [0.3, 0.4) is 0 Å². The van der Waals surface area contributed by atoms with Crippen LogP contribution in [0.1, 0.15) is 31.1 Å². The van der Waals surface area contributed by atoms with Crippen molar-refractivity contribution in [1.82, 2.24) is 5.16 Å². The van der Waals surface area contributed by atoms with E-state index in [0.717, 1.165) is 11.3 Å². The molecule has 0 aliphatic heterocycles. The Kier molecular flexibility index (Phi) is 4.50. The number of benzene rings is 1. The van der Waals surface area contributed by atoms with Crippen LogP contribution in [0, 0.1) is 0 Å². The Balaban J connectivity index is 2.62. The monoisotopic (exact) mass is 299 g/mol. The number of aromatic nitrogens is 1. The third-order valence-electron chi connectivity index (χ3n) is 2.83. The average Bonchev–Trinajstić information content (AvgIpc) is 2.73. The lowest BCUT2D eigenvalue weighted by molar-refractivity contribution is 0.182. The fourth-order valence-electron chi connectivity index (χ4n) is 1.98. The van der Waals surface area contributed by atoms with E-state index in [1.807, 2.05) is 13.8 Å². The van der Waals surface area contributed by atoms with Gasteiger partial charge in [0.1, 0.15) is 11.5 Å². The third-order valence-corrected chi connectivity index (χ3v) is 3.46. The zero-order valence-electron chi connectivity index (χ0n) is 11.0. The van der Waals surface area contributed by atoms with Gasteiger partial charge in [0, 0.05) is 24.2 Å². The molecule has 0 radical (unpaired) electrons. The molecule has 0 saturated carbocycles. The van der Waals surface area contributed by atoms with E-state index in [1.165, 1.54) is 0 Å². The Morgan fingerprint density at radius 3 is 2.42 bits per heavy atom. The minimum Gasteiger partial charge on any atom is -0.380 e. The van der Waals surface area contributed by atoms with Gasteiger partial charge >= 0.3 is 0 Å². The number of nitrogens with zero attached hydrogens (tertiary/aromatic N) is 1. The molecule has 0 aliphatic rings. The number of rotatable bonds is 4. The zero-order valence-corrected chi connectivity index (χ0v) is 12.5. The molecule has 0 atom stereocenters. The van der Waals surface area contributed by atoms with Gasteiger partial charge in [0.15, 0.2) is 0 Å². The van der Waals surface area contributed by atoms with Gasteiger partial charge in [0.25, 0.3) is 0 Å². The number of hydrogen-bond acceptors (Lipinski definition) is 3. The lowest BCUT2D eigenvalue weighted by Crippen LogP contribution is -1.96. The van der Waals surface area contributed by atoms with E-state index in [0.29, 0.717) is 27.9 Å². The molecule has 3 nitrogen and oxygen atoms in total. The lowest BCUT2D eigenvalue weighted by atomic mass is 10.0. The van der Waals surface area contributed by atoms with E-state index in [-0.39, 0.29) is 5.92 Å². The molecule has 19 heavy (non-hydrogen) atoms. The topological polar surface area (TPSA) is 35.3 Å². The summed E-state index contributed by atoms with van der Waals surface area (Å²) in [6, 6.07) is 5.36. The van der Waals surface area contributed by atoms with E-state index < -0.39 is 0 Å². The summed E-state index contributed by atoms with van der Waals surface area (Å²) in [5.74, 6) is 1.01. The normalized spacial score (nSPS) is 11.3. The van der Waals surface area contributed by atoms with Crippen molar-refractivity contribution in [3.63, 3.8) is 0 Å². The van der Waals surface area contributed by atoms with E-state index in [4.69, 9.17) is 32.5 Å². The van der Waals surface area contributed by atoms with Crippen LogP contribution in [-0.4, -0.2) is 12.3 Å². The smallest absolute Gasteiger partial charge is 0.145 e. The van der Waals surface area contributed by atoms with Crippen molar-refractivity contribution in [3.8, 4) is 11.3 Å². The molecule has 102 valence electrons. The minimum absolute atomic E-state index is 0.215. The summed E-state index contributed by atoms with van der Waals surface area (Å²) in [4.78, 5) is 0. The van der Waals surface area contributed by atoms with Gasteiger partial charge in [-0.1, -0.05) is 48.3 Å². The van der Waals surface area contributed by atoms with Crippen LogP contribution < -0.4 is 0 Å². The molecule has 2 rings (SSSR count). The molecule has 0 N–H and O–H groups in total. The Bertz CT molecular complexity index is 559. The van der Waals surface area contributed by atoms with Crippen LogP contribution in [0.25, 0.3) is 11.3 Å². The fraction of sp³-hybridized carbons (Fsp3) is 0.357. The summed E-state index contributed by atoms with van der Waals surface area (Å²) in [5.41, 5.74) is 2.24. The first-order valence-electron chi connectivity index (χ1n) is 5.98. The van der Waals surface area contributed by atoms with E-state index in [2.05, 4.69) is 5.16 Å². The summed E-state index contributed by atoms with van der Waals surface area (Å²) in [5, 5.41) is 5.22. The molecular weight excluding hydrogens is 285 g/mol. The maximum Gasteiger partial charge on any atom is 0.145 e. The number of methoxy groups -OCH3 is 1. The van der Waals surface area contributed by atoms with Gasteiger partial charge in [-0.25, -0.2) is 0 Å². The number of halogens is 2. The molecular formula is C14H15Cl2NO2. The van der Waals surface area contributed by atoms with Gasteiger partial charge in [-0.2, -0.15) is 0 Å². The van der Waals surface area contributed by atoms with Crippen LogP contribution >= 0.6 is 23.2 Å². The highest BCUT2D eigenvalue weighted by Gasteiger charge is 2.22. The molecule has 1 aromatic heterocycles. The second kappa shape index (κ2) is 5.95. The van der Waals surface area contributed by atoms with Gasteiger partial charge in [0.05, 0.1) is 16.7 Å².